The first-order valence-electron chi connectivity index (χ1n) is 6.93. The predicted octanol–water partition coefficient (Wildman–Crippen LogP) is 2.76. The lowest BCUT2D eigenvalue weighted by Crippen LogP contribution is -2.25. The van der Waals surface area contributed by atoms with Gasteiger partial charge in [0.25, 0.3) is 0 Å². The summed E-state index contributed by atoms with van der Waals surface area (Å²) in [6, 6.07) is 2.07. The Bertz CT molecular complexity index is 525. The van der Waals surface area contributed by atoms with Gasteiger partial charge in [0.1, 0.15) is 21.5 Å². The highest BCUT2D eigenvalue weighted by Gasteiger charge is 2.27. The van der Waals surface area contributed by atoms with E-state index in [0.717, 1.165) is 30.9 Å². The van der Waals surface area contributed by atoms with Gasteiger partial charge >= 0.3 is 5.97 Å². The molecule has 2 heterocycles. The van der Waals surface area contributed by atoms with Crippen molar-refractivity contribution < 1.29 is 9.53 Å². The highest BCUT2D eigenvalue weighted by molar-refractivity contribution is 7.17. The van der Waals surface area contributed by atoms with Crippen molar-refractivity contribution in [3.8, 4) is 6.07 Å². The number of hydrogen-bond acceptors (Lipinski definition) is 6. The van der Waals surface area contributed by atoms with E-state index in [9.17, 15) is 4.79 Å². The van der Waals surface area contributed by atoms with E-state index in [1.54, 1.807) is 6.92 Å². The van der Waals surface area contributed by atoms with Gasteiger partial charge in [-0.15, -0.1) is 11.3 Å². The molecule has 0 aromatic carbocycles. The number of hydrogen-bond donors (Lipinski definition) is 1. The molecule has 0 spiro atoms. The van der Waals surface area contributed by atoms with E-state index in [2.05, 4.69) is 11.0 Å². The van der Waals surface area contributed by atoms with Gasteiger partial charge in [0.15, 0.2) is 0 Å². The Morgan fingerprint density at radius 2 is 2.05 bits per heavy atom. The molecule has 1 fully saturated rings. The van der Waals surface area contributed by atoms with Crippen molar-refractivity contribution in [1.82, 2.24) is 0 Å². The van der Waals surface area contributed by atoms with E-state index >= 15 is 0 Å². The van der Waals surface area contributed by atoms with Gasteiger partial charge in [0.2, 0.25) is 0 Å². The molecule has 0 amide bonds. The number of esters is 1. The quantitative estimate of drug-likeness (QED) is 0.867. The van der Waals surface area contributed by atoms with Gasteiger partial charge in [-0.25, -0.2) is 4.79 Å². The van der Waals surface area contributed by atoms with Crippen molar-refractivity contribution in [2.24, 2.45) is 0 Å². The average molecular weight is 293 g/mol. The van der Waals surface area contributed by atoms with E-state index in [-0.39, 0.29) is 5.69 Å². The molecule has 2 rings (SSSR count). The van der Waals surface area contributed by atoms with Crippen molar-refractivity contribution in [3.05, 3.63) is 10.4 Å². The molecule has 1 saturated heterocycles. The molecule has 0 aliphatic carbocycles. The molecule has 1 aromatic rings. The van der Waals surface area contributed by atoms with Gasteiger partial charge in [-0.3, -0.25) is 0 Å². The molecule has 20 heavy (non-hydrogen) atoms. The molecule has 0 radical (unpaired) electrons. The lowest BCUT2D eigenvalue weighted by Gasteiger charge is -2.21. The van der Waals surface area contributed by atoms with Crippen molar-refractivity contribution in [2.45, 2.75) is 32.6 Å². The second-order valence-electron chi connectivity index (χ2n) is 4.76. The zero-order valence-corrected chi connectivity index (χ0v) is 12.5. The predicted molar refractivity (Wildman–Crippen MR) is 80.1 cm³/mol. The average Bonchev–Trinajstić information content (AvgIpc) is 2.63. The molecule has 1 aromatic heterocycles. The summed E-state index contributed by atoms with van der Waals surface area (Å²) in [5.41, 5.74) is 6.58. The maximum atomic E-state index is 12.1. The van der Waals surface area contributed by atoms with Crippen LogP contribution in [0, 0.1) is 11.3 Å². The molecule has 2 N–H and O–H groups in total. The van der Waals surface area contributed by atoms with Crippen LogP contribution in [0.5, 0.6) is 0 Å². The number of anilines is 2. The number of nitriles is 1. The number of nitrogens with two attached hydrogens (primary N) is 1. The third-order valence-electron chi connectivity index (χ3n) is 3.40. The van der Waals surface area contributed by atoms with Gasteiger partial charge in [-0.2, -0.15) is 5.26 Å². The number of carbonyl (C=O) groups is 1. The van der Waals surface area contributed by atoms with E-state index in [1.807, 2.05) is 0 Å². The van der Waals surface area contributed by atoms with Gasteiger partial charge in [0.05, 0.1) is 12.3 Å². The molecule has 1 aliphatic heterocycles. The molecule has 5 nitrogen and oxygen atoms in total. The molecule has 0 saturated carbocycles. The van der Waals surface area contributed by atoms with Crippen LogP contribution in [0.2, 0.25) is 0 Å². The standard InChI is InChI=1S/C14H19N3O2S/c1-2-19-14(18)11-12(16)10(9-15)20-13(11)17-7-5-3-4-6-8-17/h2-8,16H2,1H3. The summed E-state index contributed by atoms with van der Waals surface area (Å²) < 4.78 is 5.08. The number of nitrogen functional groups attached to an aromatic ring is 1. The maximum Gasteiger partial charge on any atom is 0.343 e. The van der Waals surface area contributed by atoms with E-state index in [0.29, 0.717) is 17.0 Å². The van der Waals surface area contributed by atoms with Crippen LogP contribution in [-0.4, -0.2) is 25.7 Å². The second kappa shape index (κ2) is 6.62. The summed E-state index contributed by atoms with van der Waals surface area (Å²) >= 11 is 1.30. The minimum absolute atomic E-state index is 0.259. The summed E-state index contributed by atoms with van der Waals surface area (Å²) in [4.78, 5) is 14.7. The van der Waals surface area contributed by atoms with Crippen molar-refractivity contribution in [2.75, 3.05) is 30.3 Å². The Balaban J connectivity index is 2.40. The zero-order valence-electron chi connectivity index (χ0n) is 11.6. The number of ether oxygens (including phenoxy) is 1. The molecule has 108 valence electrons. The zero-order chi connectivity index (χ0) is 14.5. The van der Waals surface area contributed by atoms with Gasteiger partial charge in [-0.1, -0.05) is 12.8 Å². The number of thiophene rings is 1. The van der Waals surface area contributed by atoms with Crippen molar-refractivity contribution >= 4 is 28.0 Å². The molecular formula is C14H19N3O2S. The first-order valence-corrected chi connectivity index (χ1v) is 7.75. The normalized spacial score (nSPS) is 15.5. The van der Waals surface area contributed by atoms with Crippen LogP contribution in [0.3, 0.4) is 0 Å². The van der Waals surface area contributed by atoms with Crippen LogP contribution in [0.25, 0.3) is 0 Å². The minimum Gasteiger partial charge on any atom is -0.462 e. The molecule has 0 unspecified atom stereocenters. The maximum absolute atomic E-state index is 12.1. The third kappa shape index (κ3) is 2.88. The van der Waals surface area contributed by atoms with Gasteiger partial charge in [0, 0.05) is 13.1 Å². The Kier molecular flexibility index (Phi) is 4.85. The van der Waals surface area contributed by atoms with Gasteiger partial charge in [-0.05, 0) is 19.8 Å². The molecule has 0 bridgehead atoms. The van der Waals surface area contributed by atoms with Crippen LogP contribution >= 0.6 is 11.3 Å². The highest BCUT2D eigenvalue weighted by atomic mass is 32.1. The fraction of sp³-hybridized carbons (Fsp3) is 0.571. The third-order valence-corrected chi connectivity index (χ3v) is 4.57. The lowest BCUT2D eigenvalue weighted by molar-refractivity contribution is 0.0529. The topological polar surface area (TPSA) is 79.3 Å². The summed E-state index contributed by atoms with van der Waals surface area (Å²) in [6.45, 7) is 3.86. The Hall–Kier alpha value is -1.74. The Morgan fingerprint density at radius 1 is 1.40 bits per heavy atom. The number of rotatable bonds is 3. The smallest absolute Gasteiger partial charge is 0.343 e. The van der Waals surface area contributed by atoms with Crippen LogP contribution in [0.1, 0.15) is 47.8 Å². The largest absolute Gasteiger partial charge is 0.462 e. The summed E-state index contributed by atoms with van der Waals surface area (Å²) in [5.74, 6) is -0.429. The second-order valence-corrected chi connectivity index (χ2v) is 5.76. The molecule has 6 heteroatoms. The lowest BCUT2D eigenvalue weighted by atomic mass is 10.2. The first kappa shape index (κ1) is 14.7. The molecule has 1 aliphatic rings. The number of carbonyl (C=O) groups excluding carboxylic acids is 1. The van der Waals surface area contributed by atoms with Crippen molar-refractivity contribution in [3.63, 3.8) is 0 Å². The monoisotopic (exact) mass is 293 g/mol. The first-order chi connectivity index (χ1) is 9.69. The van der Waals surface area contributed by atoms with Crippen LogP contribution in [-0.2, 0) is 4.74 Å². The number of nitrogens with zero attached hydrogens (tertiary/aromatic N) is 2. The molecule has 0 atom stereocenters. The van der Waals surface area contributed by atoms with E-state index < -0.39 is 5.97 Å². The summed E-state index contributed by atoms with van der Waals surface area (Å²) in [5, 5.41) is 9.92. The van der Waals surface area contributed by atoms with Crippen LogP contribution in [0.15, 0.2) is 0 Å². The SMILES string of the molecule is CCOC(=O)c1c(N2CCCCCC2)sc(C#N)c1N. The van der Waals surface area contributed by atoms with E-state index in [4.69, 9.17) is 15.7 Å². The molecular weight excluding hydrogens is 274 g/mol. The van der Waals surface area contributed by atoms with Crippen molar-refractivity contribution in [1.29, 1.82) is 5.26 Å². The van der Waals surface area contributed by atoms with E-state index in [1.165, 1.54) is 24.2 Å². The minimum atomic E-state index is -0.429. The van der Waals surface area contributed by atoms with Crippen LogP contribution in [0.4, 0.5) is 10.7 Å². The highest BCUT2D eigenvalue weighted by Crippen LogP contribution is 2.39. The fourth-order valence-electron chi connectivity index (χ4n) is 2.41. The fourth-order valence-corrected chi connectivity index (χ4v) is 3.47. The summed E-state index contributed by atoms with van der Waals surface area (Å²) in [7, 11) is 0. The Morgan fingerprint density at radius 3 is 2.60 bits per heavy atom. The van der Waals surface area contributed by atoms with Gasteiger partial charge < -0.3 is 15.4 Å². The summed E-state index contributed by atoms with van der Waals surface area (Å²) in [6.07, 6.45) is 4.61. The Labute approximate surface area is 122 Å². The van der Waals surface area contributed by atoms with Crippen LogP contribution < -0.4 is 10.6 Å².